The molecule has 0 aliphatic carbocycles. The largest absolute Gasteiger partial charge is 0.386 e. The lowest BCUT2D eigenvalue weighted by atomic mass is 10.1. The second-order valence-corrected chi connectivity index (χ2v) is 5.33. The van der Waals surface area contributed by atoms with Crippen molar-refractivity contribution < 1.29 is 5.11 Å². The molecule has 1 atom stereocenters. The molecular weight excluding hydrogens is 294 g/mol. The van der Waals surface area contributed by atoms with E-state index in [0.717, 1.165) is 10.2 Å². The van der Waals surface area contributed by atoms with E-state index in [9.17, 15) is 5.11 Å². The molecule has 0 amide bonds. The molecule has 2 heterocycles. The Balaban J connectivity index is 2.11. The van der Waals surface area contributed by atoms with Crippen LogP contribution in [0.1, 0.15) is 37.4 Å². The SMILES string of the molecule is CC(C)n1ccc(CC(O)c2ncccc2Br)n1. The maximum Gasteiger partial charge on any atom is 0.103 e. The maximum atomic E-state index is 10.2. The minimum atomic E-state index is -0.643. The number of pyridine rings is 1. The highest BCUT2D eigenvalue weighted by Gasteiger charge is 2.15. The van der Waals surface area contributed by atoms with Crippen molar-refractivity contribution in [3.8, 4) is 0 Å². The van der Waals surface area contributed by atoms with Crippen molar-refractivity contribution in [2.24, 2.45) is 0 Å². The molecule has 0 aromatic carbocycles. The predicted molar refractivity (Wildman–Crippen MR) is 73.2 cm³/mol. The monoisotopic (exact) mass is 309 g/mol. The molecule has 18 heavy (non-hydrogen) atoms. The highest BCUT2D eigenvalue weighted by molar-refractivity contribution is 9.10. The average molecular weight is 310 g/mol. The Morgan fingerprint density at radius 2 is 2.17 bits per heavy atom. The zero-order valence-corrected chi connectivity index (χ0v) is 12.0. The minimum Gasteiger partial charge on any atom is -0.386 e. The fourth-order valence-corrected chi connectivity index (χ4v) is 2.23. The van der Waals surface area contributed by atoms with Crippen molar-refractivity contribution in [2.75, 3.05) is 0 Å². The first-order chi connectivity index (χ1) is 8.58. The van der Waals surface area contributed by atoms with Gasteiger partial charge in [-0.25, -0.2) is 0 Å². The van der Waals surface area contributed by atoms with E-state index in [1.165, 1.54) is 0 Å². The van der Waals surface area contributed by atoms with Crippen molar-refractivity contribution in [1.29, 1.82) is 0 Å². The number of nitrogens with zero attached hydrogens (tertiary/aromatic N) is 3. The molecule has 2 aromatic rings. The third-order valence-electron chi connectivity index (χ3n) is 2.70. The molecule has 4 nitrogen and oxygen atoms in total. The summed E-state index contributed by atoms with van der Waals surface area (Å²) >= 11 is 3.39. The summed E-state index contributed by atoms with van der Waals surface area (Å²) in [6, 6.07) is 5.96. The van der Waals surface area contributed by atoms with Crippen molar-refractivity contribution >= 4 is 15.9 Å². The third kappa shape index (κ3) is 2.97. The van der Waals surface area contributed by atoms with Crippen molar-refractivity contribution in [1.82, 2.24) is 14.8 Å². The van der Waals surface area contributed by atoms with Gasteiger partial charge in [0.15, 0.2) is 0 Å². The molecule has 2 aromatic heterocycles. The van der Waals surface area contributed by atoms with Crippen LogP contribution in [0.15, 0.2) is 35.1 Å². The fourth-order valence-electron chi connectivity index (χ4n) is 1.71. The summed E-state index contributed by atoms with van der Waals surface area (Å²) in [5, 5.41) is 14.6. The fraction of sp³-hybridized carbons (Fsp3) is 0.385. The first kappa shape index (κ1) is 13.2. The molecule has 0 saturated carbocycles. The van der Waals surface area contributed by atoms with E-state index in [1.54, 1.807) is 6.20 Å². The lowest BCUT2D eigenvalue weighted by Crippen LogP contribution is -2.07. The van der Waals surface area contributed by atoms with Gasteiger partial charge < -0.3 is 5.11 Å². The molecule has 1 unspecified atom stereocenters. The van der Waals surface area contributed by atoms with Crippen LogP contribution >= 0.6 is 15.9 Å². The first-order valence-corrected chi connectivity index (χ1v) is 6.69. The van der Waals surface area contributed by atoms with E-state index >= 15 is 0 Å². The van der Waals surface area contributed by atoms with Crippen molar-refractivity contribution in [3.63, 3.8) is 0 Å². The number of aromatic nitrogens is 3. The third-order valence-corrected chi connectivity index (χ3v) is 3.37. The van der Waals surface area contributed by atoms with Gasteiger partial charge in [0.05, 0.1) is 11.4 Å². The summed E-state index contributed by atoms with van der Waals surface area (Å²) in [5.41, 5.74) is 1.52. The first-order valence-electron chi connectivity index (χ1n) is 5.90. The van der Waals surface area contributed by atoms with E-state index in [0.29, 0.717) is 18.2 Å². The van der Waals surface area contributed by atoms with Crippen LogP contribution in [0.2, 0.25) is 0 Å². The topological polar surface area (TPSA) is 50.9 Å². The lowest BCUT2D eigenvalue weighted by molar-refractivity contribution is 0.171. The molecule has 0 fully saturated rings. The van der Waals surface area contributed by atoms with Gasteiger partial charge in [-0.05, 0) is 48.0 Å². The molecule has 0 aliphatic heterocycles. The van der Waals surface area contributed by atoms with Gasteiger partial charge in [0.25, 0.3) is 0 Å². The highest BCUT2D eigenvalue weighted by Crippen LogP contribution is 2.23. The Bertz CT molecular complexity index is 524. The van der Waals surface area contributed by atoms with E-state index in [4.69, 9.17) is 0 Å². The van der Waals surface area contributed by atoms with Gasteiger partial charge in [0, 0.05) is 29.3 Å². The van der Waals surface area contributed by atoms with Crippen LogP contribution in [0.25, 0.3) is 0 Å². The smallest absolute Gasteiger partial charge is 0.103 e. The second-order valence-electron chi connectivity index (χ2n) is 4.47. The van der Waals surface area contributed by atoms with Gasteiger partial charge in [-0.1, -0.05) is 0 Å². The number of rotatable bonds is 4. The van der Waals surface area contributed by atoms with E-state index in [2.05, 4.69) is 39.9 Å². The summed E-state index contributed by atoms with van der Waals surface area (Å²) in [7, 11) is 0. The Kier molecular flexibility index (Phi) is 4.14. The molecule has 1 N–H and O–H groups in total. The van der Waals surface area contributed by atoms with Crippen LogP contribution in [0.5, 0.6) is 0 Å². The lowest BCUT2D eigenvalue weighted by Gasteiger charge is -2.10. The predicted octanol–water partition coefficient (Wildman–Crippen LogP) is 2.90. The quantitative estimate of drug-likeness (QED) is 0.944. The van der Waals surface area contributed by atoms with Crippen LogP contribution in [0.3, 0.4) is 0 Å². The molecule has 0 bridgehead atoms. The number of aliphatic hydroxyl groups is 1. The minimum absolute atomic E-state index is 0.331. The molecule has 96 valence electrons. The summed E-state index contributed by atoms with van der Waals surface area (Å²) in [4.78, 5) is 4.18. The van der Waals surface area contributed by atoms with E-state index in [1.807, 2.05) is 29.1 Å². The summed E-state index contributed by atoms with van der Waals surface area (Å²) in [6.07, 6.45) is 3.43. The number of halogens is 1. The average Bonchev–Trinajstić information content (AvgIpc) is 2.78. The summed E-state index contributed by atoms with van der Waals surface area (Å²) < 4.78 is 2.70. The van der Waals surface area contributed by atoms with E-state index in [-0.39, 0.29) is 0 Å². The zero-order chi connectivity index (χ0) is 13.1. The number of hydrogen-bond donors (Lipinski definition) is 1. The van der Waals surface area contributed by atoms with Crippen LogP contribution in [-0.4, -0.2) is 19.9 Å². The summed E-state index contributed by atoms with van der Waals surface area (Å²) in [6.45, 7) is 4.14. The van der Waals surface area contributed by atoms with Crippen molar-refractivity contribution in [2.45, 2.75) is 32.4 Å². The normalized spacial score (nSPS) is 12.9. The van der Waals surface area contributed by atoms with Crippen LogP contribution in [0.4, 0.5) is 0 Å². The highest BCUT2D eigenvalue weighted by atomic mass is 79.9. The van der Waals surface area contributed by atoms with Crippen molar-refractivity contribution in [3.05, 3.63) is 46.5 Å². The van der Waals surface area contributed by atoms with Gasteiger partial charge in [-0.15, -0.1) is 0 Å². The van der Waals surface area contributed by atoms with Gasteiger partial charge in [-0.2, -0.15) is 5.10 Å². The molecule has 0 aliphatic rings. The van der Waals surface area contributed by atoms with Gasteiger partial charge in [0.1, 0.15) is 6.10 Å². The molecule has 0 saturated heterocycles. The Morgan fingerprint density at radius 3 is 2.78 bits per heavy atom. The molecule has 0 spiro atoms. The van der Waals surface area contributed by atoms with Crippen LogP contribution in [0, 0.1) is 0 Å². The van der Waals surface area contributed by atoms with Crippen LogP contribution in [-0.2, 0) is 6.42 Å². The van der Waals surface area contributed by atoms with Gasteiger partial charge in [0.2, 0.25) is 0 Å². The molecule has 2 rings (SSSR count). The van der Waals surface area contributed by atoms with Gasteiger partial charge in [-0.3, -0.25) is 9.67 Å². The zero-order valence-electron chi connectivity index (χ0n) is 10.4. The van der Waals surface area contributed by atoms with Gasteiger partial charge >= 0.3 is 0 Å². The molecule has 0 radical (unpaired) electrons. The summed E-state index contributed by atoms with van der Waals surface area (Å²) in [5.74, 6) is 0. The maximum absolute atomic E-state index is 10.2. The number of aliphatic hydroxyl groups excluding tert-OH is 1. The molecular formula is C13H16BrN3O. The Morgan fingerprint density at radius 1 is 1.39 bits per heavy atom. The standard InChI is InChI=1S/C13H16BrN3O/c1-9(2)17-7-5-10(16-17)8-12(18)13-11(14)4-3-6-15-13/h3-7,9,12,18H,8H2,1-2H3. The van der Waals surface area contributed by atoms with Crippen LogP contribution < -0.4 is 0 Å². The molecule has 5 heteroatoms. The number of hydrogen-bond acceptors (Lipinski definition) is 3. The Hall–Kier alpha value is -1.20. The van der Waals surface area contributed by atoms with E-state index < -0.39 is 6.10 Å². The second kappa shape index (κ2) is 5.63. The Labute approximate surface area is 115 Å².